The molecule has 1 heterocycles. The average molecular weight is 268 g/mol. The summed E-state index contributed by atoms with van der Waals surface area (Å²) in [6.45, 7) is 6.34. The molecule has 0 bridgehead atoms. The summed E-state index contributed by atoms with van der Waals surface area (Å²) in [6, 6.07) is 6.67. The summed E-state index contributed by atoms with van der Waals surface area (Å²) in [5, 5.41) is 4.08. The lowest BCUT2D eigenvalue weighted by atomic mass is 10.1. The van der Waals surface area contributed by atoms with Gasteiger partial charge in [0.1, 0.15) is 0 Å². The zero-order chi connectivity index (χ0) is 13.1. The van der Waals surface area contributed by atoms with Gasteiger partial charge in [-0.2, -0.15) is 0 Å². The Labute approximate surface area is 115 Å². The molecule has 0 aromatic heterocycles. The van der Waals surface area contributed by atoms with Gasteiger partial charge in [0.15, 0.2) is 0 Å². The zero-order valence-electron chi connectivity index (χ0n) is 11.4. The van der Waals surface area contributed by atoms with Gasteiger partial charge in [-0.25, -0.2) is 0 Å². The van der Waals surface area contributed by atoms with E-state index in [9.17, 15) is 0 Å². The number of nitrogens with one attached hydrogen (secondary N) is 1. The number of likely N-dealkylation sites (N-methyl/N-ethyl adjacent to an activating group) is 1. The normalized spacial score (nSPS) is 21.3. The van der Waals surface area contributed by atoms with Crippen LogP contribution in [0.2, 0.25) is 5.02 Å². The Hall–Kier alpha value is -0.770. The molecule has 100 valence electrons. The van der Waals surface area contributed by atoms with Crippen LogP contribution < -0.4 is 10.2 Å². The van der Waals surface area contributed by atoms with Gasteiger partial charge >= 0.3 is 0 Å². The monoisotopic (exact) mass is 267 g/mol. The predicted octanol–water partition coefficient (Wildman–Crippen LogP) is 2.20. The van der Waals surface area contributed by atoms with E-state index in [1.165, 1.54) is 11.3 Å². The van der Waals surface area contributed by atoms with Crippen molar-refractivity contribution in [2.45, 2.75) is 19.5 Å². The summed E-state index contributed by atoms with van der Waals surface area (Å²) in [7, 11) is 4.15. The Morgan fingerprint density at radius 2 is 2.17 bits per heavy atom. The quantitative estimate of drug-likeness (QED) is 0.906. The molecule has 0 aliphatic carbocycles. The first kappa shape index (κ1) is 13.7. The van der Waals surface area contributed by atoms with Crippen molar-refractivity contribution in [1.29, 1.82) is 0 Å². The highest BCUT2D eigenvalue weighted by atomic mass is 35.5. The molecule has 1 N–H and O–H groups in total. The maximum Gasteiger partial charge on any atom is 0.0643 e. The third kappa shape index (κ3) is 2.79. The van der Waals surface area contributed by atoms with Crippen molar-refractivity contribution >= 4 is 17.3 Å². The van der Waals surface area contributed by atoms with Gasteiger partial charge in [-0.1, -0.05) is 23.7 Å². The van der Waals surface area contributed by atoms with E-state index in [1.807, 2.05) is 19.2 Å². The maximum absolute atomic E-state index is 6.42. The van der Waals surface area contributed by atoms with Crippen LogP contribution in [-0.4, -0.2) is 44.7 Å². The Morgan fingerprint density at radius 1 is 1.39 bits per heavy atom. The molecule has 1 aromatic carbocycles. The number of hydrogen-bond acceptors (Lipinski definition) is 3. The first-order chi connectivity index (χ1) is 8.63. The second-order valence-corrected chi connectivity index (χ2v) is 5.49. The fourth-order valence-electron chi connectivity index (χ4n) is 2.69. The van der Waals surface area contributed by atoms with Crippen LogP contribution in [0.15, 0.2) is 18.2 Å². The largest absolute Gasteiger partial charge is 0.365 e. The first-order valence-electron chi connectivity index (χ1n) is 6.50. The molecule has 1 atom stereocenters. The minimum atomic E-state index is 0.499. The van der Waals surface area contributed by atoms with Crippen LogP contribution in [0.4, 0.5) is 5.69 Å². The molecule has 2 rings (SSSR count). The van der Waals surface area contributed by atoms with E-state index in [1.54, 1.807) is 0 Å². The number of hydrogen-bond donors (Lipinski definition) is 1. The van der Waals surface area contributed by atoms with Gasteiger partial charge in [0.25, 0.3) is 0 Å². The molecule has 1 unspecified atom stereocenters. The van der Waals surface area contributed by atoms with Crippen molar-refractivity contribution in [2.75, 3.05) is 38.6 Å². The minimum absolute atomic E-state index is 0.499. The number of anilines is 1. The van der Waals surface area contributed by atoms with E-state index in [2.05, 4.69) is 35.2 Å². The molecule has 18 heavy (non-hydrogen) atoms. The molecular formula is C14H22ClN3. The van der Waals surface area contributed by atoms with Crippen LogP contribution >= 0.6 is 11.6 Å². The van der Waals surface area contributed by atoms with Gasteiger partial charge in [0.2, 0.25) is 0 Å². The van der Waals surface area contributed by atoms with Gasteiger partial charge < -0.3 is 15.1 Å². The van der Waals surface area contributed by atoms with E-state index in [-0.39, 0.29) is 0 Å². The third-order valence-corrected chi connectivity index (χ3v) is 3.86. The van der Waals surface area contributed by atoms with Crippen LogP contribution in [0, 0.1) is 0 Å². The summed E-state index contributed by atoms with van der Waals surface area (Å²) in [5.74, 6) is 0. The molecule has 1 aliphatic heterocycles. The van der Waals surface area contributed by atoms with Crippen molar-refractivity contribution in [2.24, 2.45) is 0 Å². The molecule has 1 aromatic rings. The molecule has 3 nitrogen and oxygen atoms in total. The van der Waals surface area contributed by atoms with Crippen LogP contribution in [0.25, 0.3) is 0 Å². The third-order valence-electron chi connectivity index (χ3n) is 3.56. The second kappa shape index (κ2) is 5.91. The summed E-state index contributed by atoms with van der Waals surface area (Å²) in [6.07, 6.45) is 0. The summed E-state index contributed by atoms with van der Waals surface area (Å²) < 4.78 is 0. The van der Waals surface area contributed by atoms with E-state index < -0.39 is 0 Å². The number of rotatable bonds is 3. The maximum atomic E-state index is 6.42. The highest BCUT2D eigenvalue weighted by Crippen LogP contribution is 2.32. The number of para-hydroxylation sites is 1. The van der Waals surface area contributed by atoms with Crippen molar-refractivity contribution < 1.29 is 0 Å². The number of piperazine rings is 1. The summed E-state index contributed by atoms with van der Waals surface area (Å²) in [5.41, 5.74) is 2.48. The Balaban J connectivity index is 2.31. The Morgan fingerprint density at radius 3 is 2.83 bits per heavy atom. The smallest absolute Gasteiger partial charge is 0.0643 e. The van der Waals surface area contributed by atoms with E-state index in [0.717, 1.165) is 31.2 Å². The minimum Gasteiger partial charge on any atom is -0.365 e. The first-order valence-corrected chi connectivity index (χ1v) is 6.88. The Kier molecular flexibility index (Phi) is 4.49. The van der Waals surface area contributed by atoms with E-state index >= 15 is 0 Å². The SMILES string of the molecule is CNCc1cccc(Cl)c1N1CCN(C)CC1C. The van der Waals surface area contributed by atoms with Gasteiger partial charge in [0, 0.05) is 32.2 Å². The zero-order valence-corrected chi connectivity index (χ0v) is 12.2. The molecule has 0 radical (unpaired) electrons. The van der Waals surface area contributed by atoms with Crippen molar-refractivity contribution in [1.82, 2.24) is 10.2 Å². The Bertz CT molecular complexity index is 408. The number of nitrogens with zero attached hydrogens (tertiary/aromatic N) is 2. The fraction of sp³-hybridized carbons (Fsp3) is 0.571. The molecule has 1 aliphatic rings. The molecule has 0 saturated carbocycles. The summed E-state index contributed by atoms with van der Waals surface area (Å²) >= 11 is 6.42. The highest BCUT2D eigenvalue weighted by molar-refractivity contribution is 6.33. The lowest BCUT2D eigenvalue weighted by Gasteiger charge is -2.41. The van der Waals surface area contributed by atoms with Crippen molar-refractivity contribution in [3.8, 4) is 0 Å². The highest BCUT2D eigenvalue weighted by Gasteiger charge is 2.24. The molecule has 0 amide bonds. The lowest BCUT2D eigenvalue weighted by molar-refractivity contribution is 0.275. The summed E-state index contributed by atoms with van der Waals surface area (Å²) in [4.78, 5) is 4.81. The van der Waals surface area contributed by atoms with Crippen LogP contribution in [-0.2, 0) is 6.54 Å². The lowest BCUT2D eigenvalue weighted by Crippen LogP contribution is -2.51. The second-order valence-electron chi connectivity index (χ2n) is 5.08. The van der Waals surface area contributed by atoms with Crippen LogP contribution in [0.5, 0.6) is 0 Å². The van der Waals surface area contributed by atoms with E-state index in [0.29, 0.717) is 6.04 Å². The topological polar surface area (TPSA) is 18.5 Å². The molecular weight excluding hydrogens is 246 g/mol. The van der Waals surface area contributed by atoms with Gasteiger partial charge in [0.05, 0.1) is 10.7 Å². The molecule has 1 saturated heterocycles. The molecule has 1 fully saturated rings. The van der Waals surface area contributed by atoms with Gasteiger partial charge in [-0.15, -0.1) is 0 Å². The number of benzene rings is 1. The standard InChI is InChI=1S/C14H22ClN3/c1-11-10-17(3)7-8-18(11)14-12(9-16-2)5-4-6-13(14)15/h4-6,11,16H,7-10H2,1-3H3. The fourth-order valence-corrected chi connectivity index (χ4v) is 2.99. The van der Waals surface area contributed by atoms with Crippen LogP contribution in [0.3, 0.4) is 0 Å². The molecule has 0 spiro atoms. The van der Waals surface area contributed by atoms with Crippen LogP contribution in [0.1, 0.15) is 12.5 Å². The van der Waals surface area contributed by atoms with Crippen molar-refractivity contribution in [3.05, 3.63) is 28.8 Å². The van der Waals surface area contributed by atoms with E-state index in [4.69, 9.17) is 11.6 Å². The predicted molar refractivity (Wildman–Crippen MR) is 78.5 cm³/mol. The van der Waals surface area contributed by atoms with Gasteiger partial charge in [-0.05, 0) is 32.6 Å². The molecule has 4 heteroatoms. The average Bonchev–Trinajstić information content (AvgIpc) is 2.31. The number of halogens is 1. The van der Waals surface area contributed by atoms with Crippen molar-refractivity contribution in [3.63, 3.8) is 0 Å². The van der Waals surface area contributed by atoms with Gasteiger partial charge in [-0.3, -0.25) is 0 Å².